The van der Waals surface area contributed by atoms with Gasteiger partial charge in [-0.25, -0.2) is 10.4 Å². The number of anilines is 2. The lowest BCUT2D eigenvalue weighted by Crippen LogP contribution is -2.50. The van der Waals surface area contributed by atoms with Gasteiger partial charge >= 0.3 is 0 Å². The molecule has 1 amide bonds. The summed E-state index contributed by atoms with van der Waals surface area (Å²) in [6.45, 7) is 4.55. The first-order chi connectivity index (χ1) is 16.0. The average Bonchev–Trinajstić information content (AvgIpc) is 3.19. The van der Waals surface area contributed by atoms with Gasteiger partial charge in [0.15, 0.2) is 5.17 Å². The number of rotatable bonds is 7. The molecule has 2 aliphatic rings. The quantitative estimate of drug-likeness (QED) is 0.494. The molecule has 0 saturated carbocycles. The van der Waals surface area contributed by atoms with E-state index in [1.807, 2.05) is 61.2 Å². The molecule has 2 heterocycles. The largest absolute Gasteiger partial charge is 0.497 e. The molecule has 0 radical (unpaired) electrons. The van der Waals surface area contributed by atoms with Crippen LogP contribution in [0.1, 0.15) is 13.8 Å². The molecule has 0 aliphatic carbocycles. The molecule has 2 aliphatic heterocycles. The molecule has 4 N–H and O–H groups in total. The van der Waals surface area contributed by atoms with E-state index < -0.39 is 0 Å². The predicted octanol–water partition coefficient (Wildman–Crippen LogP) is 3.06. The molecule has 3 unspecified atom stereocenters. The minimum absolute atomic E-state index is 0.0550. The van der Waals surface area contributed by atoms with Crippen molar-refractivity contribution in [3.8, 4) is 11.5 Å². The van der Waals surface area contributed by atoms with Crippen LogP contribution in [0.2, 0.25) is 0 Å². The Morgan fingerprint density at radius 3 is 2.73 bits per heavy atom. The lowest BCUT2D eigenvalue weighted by Gasteiger charge is -2.36. The number of hydrogen-bond acceptors (Lipinski definition) is 8. The van der Waals surface area contributed by atoms with Gasteiger partial charge in [0, 0.05) is 23.5 Å². The smallest absolute Gasteiger partial charge is 0.234 e. The number of hydrogen-bond donors (Lipinski definition) is 4. The molecule has 0 aromatic heterocycles. The highest BCUT2D eigenvalue weighted by atomic mass is 32.2. The van der Waals surface area contributed by atoms with Crippen molar-refractivity contribution in [2.45, 2.75) is 26.1 Å². The molecule has 3 atom stereocenters. The number of hydrazine groups is 1. The summed E-state index contributed by atoms with van der Waals surface area (Å²) in [5, 5.41) is 12.4. The van der Waals surface area contributed by atoms with E-state index in [-0.39, 0.29) is 29.8 Å². The number of carbonyl (C=O) groups is 1. The van der Waals surface area contributed by atoms with Gasteiger partial charge in [0.2, 0.25) is 5.91 Å². The van der Waals surface area contributed by atoms with Gasteiger partial charge in [0.25, 0.3) is 0 Å². The van der Waals surface area contributed by atoms with E-state index in [0.717, 1.165) is 11.4 Å². The molecule has 174 valence electrons. The predicted molar refractivity (Wildman–Crippen MR) is 132 cm³/mol. The number of amidine groups is 2. The minimum Gasteiger partial charge on any atom is -0.497 e. The second-order valence-corrected chi connectivity index (χ2v) is 8.62. The van der Waals surface area contributed by atoms with Gasteiger partial charge in [0.1, 0.15) is 23.5 Å². The number of ether oxygens (including phenoxy) is 2. The van der Waals surface area contributed by atoms with E-state index in [0.29, 0.717) is 29.0 Å². The third kappa shape index (κ3) is 5.13. The van der Waals surface area contributed by atoms with Gasteiger partial charge in [-0.3, -0.25) is 20.5 Å². The molecule has 2 aromatic rings. The van der Waals surface area contributed by atoms with Crippen molar-refractivity contribution in [3.05, 3.63) is 48.5 Å². The van der Waals surface area contributed by atoms with Gasteiger partial charge in [0.05, 0.1) is 25.4 Å². The number of fused-ring (bicyclic) bond motifs is 1. The maximum Gasteiger partial charge on any atom is 0.234 e. The zero-order chi connectivity index (χ0) is 23.4. The van der Waals surface area contributed by atoms with E-state index in [1.165, 1.54) is 11.8 Å². The molecule has 0 bridgehead atoms. The highest BCUT2D eigenvalue weighted by Crippen LogP contribution is 2.32. The number of carbonyl (C=O) groups excluding carboxylic acids is 1. The van der Waals surface area contributed by atoms with Crippen molar-refractivity contribution in [1.29, 1.82) is 5.41 Å². The molecule has 0 spiro atoms. The number of amides is 1. The van der Waals surface area contributed by atoms with E-state index in [2.05, 4.69) is 16.2 Å². The Morgan fingerprint density at radius 2 is 2.00 bits per heavy atom. The SMILES string of the molecule is CCOc1ccc(N2C(=N)C3C(C)NNC3N=C2SCC(=O)Nc2cccc(OC)c2)cc1. The summed E-state index contributed by atoms with van der Waals surface area (Å²) in [6, 6.07) is 14.9. The second-order valence-electron chi connectivity index (χ2n) is 7.68. The van der Waals surface area contributed by atoms with E-state index in [4.69, 9.17) is 19.9 Å². The fourth-order valence-corrected chi connectivity index (χ4v) is 4.69. The molecule has 1 fully saturated rings. The van der Waals surface area contributed by atoms with Crippen molar-refractivity contribution >= 4 is 40.0 Å². The number of thioether (sulfide) groups is 1. The van der Waals surface area contributed by atoms with Crippen molar-refractivity contribution in [2.75, 3.05) is 29.7 Å². The Hall–Kier alpha value is -3.08. The first-order valence-electron chi connectivity index (χ1n) is 10.8. The summed E-state index contributed by atoms with van der Waals surface area (Å²) >= 11 is 1.30. The number of benzene rings is 2. The van der Waals surface area contributed by atoms with Crippen molar-refractivity contribution < 1.29 is 14.3 Å². The standard InChI is InChI=1S/C23H28N6O3S/c1-4-32-17-10-8-16(9-11-17)29-21(24)20-14(2)27-28-22(20)26-23(29)33-13-19(30)25-15-6-5-7-18(12-15)31-3/h5-12,14,20,22,24,27-28H,4,13H2,1-3H3,(H,25,30). The summed E-state index contributed by atoms with van der Waals surface area (Å²) in [4.78, 5) is 19.3. The lowest BCUT2D eigenvalue weighted by molar-refractivity contribution is -0.113. The Balaban J connectivity index is 1.52. The van der Waals surface area contributed by atoms with E-state index in [9.17, 15) is 4.79 Å². The molecule has 1 saturated heterocycles. The van der Waals surface area contributed by atoms with Crippen molar-refractivity contribution in [3.63, 3.8) is 0 Å². The van der Waals surface area contributed by atoms with E-state index in [1.54, 1.807) is 13.2 Å². The summed E-state index contributed by atoms with van der Waals surface area (Å²) in [5.74, 6) is 1.74. The summed E-state index contributed by atoms with van der Waals surface area (Å²) in [7, 11) is 1.59. The van der Waals surface area contributed by atoms with Crippen LogP contribution in [0.5, 0.6) is 11.5 Å². The topological polar surface area (TPSA) is 111 Å². The lowest BCUT2D eigenvalue weighted by atomic mass is 9.97. The third-order valence-electron chi connectivity index (χ3n) is 5.43. The van der Waals surface area contributed by atoms with Crippen LogP contribution in [0.3, 0.4) is 0 Å². The fraction of sp³-hybridized carbons (Fsp3) is 0.348. The number of nitrogens with one attached hydrogen (secondary N) is 4. The average molecular weight is 469 g/mol. The molecular formula is C23H28N6O3S. The first kappa shape index (κ1) is 23.1. The van der Waals surface area contributed by atoms with Gasteiger partial charge in [-0.2, -0.15) is 0 Å². The van der Waals surface area contributed by atoms with Crippen LogP contribution in [-0.4, -0.2) is 48.6 Å². The normalized spacial score (nSPS) is 21.9. The van der Waals surface area contributed by atoms with Crippen LogP contribution < -0.4 is 30.5 Å². The molecule has 10 heteroatoms. The van der Waals surface area contributed by atoms with Gasteiger partial charge in [-0.1, -0.05) is 17.8 Å². The first-order valence-corrected chi connectivity index (χ1v) is 11.8. The maximum absolute atomic E-state index is 12.6. The van der Waals surface area contributed by atoms with Crippen LogP contribution in [0.25, 0.3) is 0 Å². The van der Waals surface area contributed by atoms with Gasteiger partial charge in [-0.15, -0.1) is 0 Å². The maximum atomic E-state index is 12.6. The second kappa shape index (κ2) is 10.2. The number of nitrogens with zero attached hydrogens (tertiary/aromatic N) is 2. The Bertz CT molecular complexity index is 1040. The zero-order valence-corrected chi connectivity index (χ0v) is 19.6. The van der Waals surface area contributed by atoms with Crippen molar-refractivity contribution in [2.24, 2.45) is 10.9 Å². The van der Waals surface area contributed by atoms with Gasteiger partial charge in [-0.05, 0) is 50.2 Å². The van der Waals surface area contributed by atoms with Crippen LogP contribution in [0.15, 0.2) is 53.5 Å². The van der Waals surface area contributed by atoms with Crippen LogP contribution >= 0.6 is 11.8 Å². The summed E-state index contributed by atoms with van der Waals surface area (Å²) < 4.78 is 10.8. The minimum atomic E-state index is -0.254. The molecule has 4 rings (SSSR count). The van der Waals surface area contributed by atoms with Gasteiger partial charge < -0.3 is 14.8 Å². The Labute approximate surface area is 197 Å². The Morgan fingerprint density at radius 1 is 1.21 bits per heavy atom. The Kier molecular flexibility index (Phi) is 7.17. The molecule has 2 aromatic carbocycles. The highest BCUT2D eigenvalue weighted by Gasteiger charge is 2.43. The van der Waals surface area contributed by atoms with Crippen molar-refractivity contribution in [1.82, 2.24) is 10.9 Å². The monoisotopic (exact) mass is 468 g/mol. The van der Waals surface area contributed by atoms with Crippen LogP contribution in [-0.2, 0) is 4.79 Å². The number of aliphatic imine (C=N–C) groups is 1. The zero-order valence-electron chi connectivity index (χ0n) is 18.8. The van der Waals surface area contributed by atoms with E-state index >= 15 is 0 Å². The van der Waals surface area contributed by atoms with Crippen LogP contribution in [0.4, 0.5) is 11.4 Å². The summed E-state index contributed by atoms with van der Waals surface area (Å²) in [5.41, 5.74) is 7.80. The summed E-state index contributed by atoms with van der Waals surface area (Å²) in [6.07, 6.45) is -0.254. The fourth-order valence-electron chi connectivity index (χ4n) is 3.84. The van der Waals surface area contributed by atoms with Crippen LogP contribution in [0, 0.1) is 11.3 Å². The molecule has 9 nitrogen and oxygen atoms in total. The molecular weight excluding hydrogens is 440 g/mol. The highest BCUT2D eigenvalue weighted by molar-refractivity contribution is 8.14. The third-order valence-corrected chi connectivity index (χ3v) is 6.38. The number of methoxy groups -OCH3 is 1. The molecule has 33 heavy (non-hydrogen) atoms.